The fraction of sp³-hybridized carbons (Fsp3) is 0.519. The third-order valence-electron chi connectivity index (χ3n) is 7.64. The molecule has 0 unspecified atom stereocenters. The van der Waals surface area contributed by atoms with Crippen molar-refractivity contribution >= 4 is 10.9 Å². The Bertz CT molecular complexity index is 1350. The van der Waals surface area contributed by atoms with E-state index in [1.165, 1.54) is 22.9 Å². The molecule has 1 saturated carbocycles. The minimum absolute atomic E-state index is 0.00467. The van der Waals surface area contributed by atoms with E-state index >= 15 is 0 Å². The molecule has 6 nitrogen and oxygen atoms in total. The predicted molar refractivity (Wildman–Crippen MR) is 130 cm³/mol. The van der Waals surface area contributed by atoms with Crippen molar-refractivity contribution in [3.05, 3.63) is 59.0 Å². The maximum Gasteiger partial charge on any atom is 0.416 e. The van der Waals surface area contributed by atoms with Crippen molar-refractivity contribution in [3.63, 3.8) is 0 Å². The lowest BCUT2D eigenvalue weighted by Gasteiger charge is -2.41. The van der Waals surface area contributed by atoms with E-state index in [1.54, 1.807) is 6.92 Å². The normalized spacial score (nSPS) is 29.6. The van der Waals surface area contributed by atoms with Crippen LogP contribution in [0.15, 0.2) is 36.4 Å². The summed E-state index contributed by atoms with van der Waals surface area (Å²) in [6.07, 6.45) is -6.57. The Morgan fingerprint density at radius 1 is 1.10 bits per heavy atom. The average Bonchev–Trinajstić information content (AvgIpc) is 3.15. The number of halogens is 6. The van der Waals surface area contributed by atoms with E-state index in [1.807, 2.05) is 6.92 Å². The zero-order valence-electron chi connectivity index (χ0n) is 21.3. The van der Waals surface area contributed by atoms with Crippen LogP contribution in [0.25, 0.3) is 10.9 Å². The van der Waals surface area contributed by atoms with Crippen LogP contribution >= 0.6 is 0 Å². The van der Waals surface area contributed by atoms with Crippen molar-refractivity contribution in [1.82, 2.24) is 15.1 Å². The van der Waals surface area contributed by atoms with Crippen LogP contribution < -0.4 is 10.1 Å². The van der Waals surface area contributed by atoms with Gasteiger partial charge < -0.3 is 20.3 Å². The highest BCUT2D eigenvalue weighted by atomic mass is 19.4. The smallest absolute Gasteiger partial charge is 0.416 e. The standard InChI is InChI=1S/C27H29F6N3O3/c1-14-9-26(38,15-3-5-16(6-4-15)27(31,32)33)10-17(34-14)13-39-19-7-20(23(28)29)22-21(8-19)24(30)35-36(22)18-11-25(2,37)12-18/h3-8,14,17-18,23,34,37-38H,9-13H2,1-2H3/t14-,17-,18?,25?,26-/m0/s1. The van der Waals surface area contributed by atoms with Crippen molar-refractivity contribution in [2.45, 2.75) is 81.5 Å². The van der Waals surface area contributed by atoms with Gasteiger partial charge in [-0.2, -0.15) is 17.6 Å². The average molecular weight is 558 g/mol. The second-order valence-electron chi connectivity index (χ2n) is 11.1. The van der Waals surface area contributed by atoms with Gasteiger partial charge in [0.25, 0.3) is 6.43 Å². The summed E-state index contributed by atoms with van der Waals surface area (Å²) in [5, 5.41) is 28.3. The second kappa shape index (κ2) is 9.67. The molecule has 2 aromatic carbocycles. The van der Waals surface area contributed by atoms with Crippen LogP contribution in [0.2, 0.25) is 0 Å². The molecule has 5 rings (SSSR count). The first-order valence-corrected chi connectivity index (χ1v) is 12.7. The van der Waals surface area contributed by atoms with E-state index in [0.29, 0.717) is 5.56 Å². The van der Waals surface area contributed by atoms with Crippen LogP contribution in [0.5, 0.6) is 5.75 Å². The number of rotatable bonds is 6. The monoisotopic (exact) mass is 557 g/mol. The molecule has 1 aromatic heterocycles. The Hall–Kier alpha value is -2.83. The lowest BCUT2D eigenvalue weighted by Crippen LogP contribution is -2.53. The number of benzene rings is 2. The van der Waals surface area contributed by atoms with Crippen molar-refractivity contribution < 1.29 is 41.3 Å². The van der Waals surface area contributed by atoms with Gasteiger partial charge in [0, 0.05) is 17.6 Å². The molecule has 0 bridgehead atoms. The van der Waals surface area contributed by atoms with Crippen LogP contribution in [0.4, 0.5) is 26.3 Å². The van der Waals surface area contributed by atoms with Crippen LogP contribution in [-0.4, -0.2) is 44.3 Å². The fourth-order valence-electron chi connectivity index (χ4n) is 5.91. The Balaban J connectivity index is 1.35. The molecule has 0 amide bonds. The maximum atomic E-state index is 14.8. The van der Waals surface area contributed by atoms with Crippen LogP contribution in [0.1, 0.15) is 68.7 Å². The largest absolute Gasteiger partial charge is 0.492 e. The number of hydrogen-bond donors (Lipinski definition) is 3. The molecule has 1 saturated heterocycles. The molecular weight excluding hydrogens is 528 g/mol. The lowest BCUT2D eigenvalue weighted by atomic mass is 9.77. The summed E-state index contributed by atoms with van der Waals surface area (Å²) in [5.41, 5.74) is -3.37. The topological polar surface area (TPSA) is 79.5 Å². The van der Waals surface area contributed by atoms with Crippen LogP contribution in [0.3, 0.4) is 0 Å². The fourth-order valence-corrected chi connectivity index (χ4v) is 5.91. The van der Waals surface area contributed by atoms with E-state index < -0.39 is 53.0 Å². The predicted octanol–water partition coefficient (Wildman–Crippen LogP) is 5.62. The van der Waals surface area contributed by atoms with Gasteiger partial charge in [-0.3, -0.25) is 4.68 Å². The van der Waals surface area contributed by atoms with E-state index in [4.69, 9.17) is 4.74 Å². The molecule has 3 aromatic rings. The Morgan fingerprint density at radius 3 is 2.36 bits per heavy atom. The Labute approximate surface area is 220 Å². The molecular formula is C27H29F6N3O3. The molecule has 1 aliphatic carbocycles. The Kier molecular flexibility index (Phi) is 6.87. The van der Waals surface area contributed by atoms with Gasteiger partial charge >= 0.3 is 6.18 Å². The number of aliphatic hydroxyl groups is 2. The van der Waals surface area contributed by atoms with Crippen LogP contribution in [0, 0.1) is 5.95 Å². The molecule has 2 aliphatic rings. The number of nitrogens with one attached hydrogen (secondary N) is 1. The van der Waals surface area contributed by atoms with Gasteiger partial charge in [0.1, 0.15) is 12.4 Å². The van der Waals surface area contributed by atoms with E-state index in [-0.39, 0.29) is 55.0 Å². The van der Waals surface area contributed by atoms with E-state index in [2.05, 4.69) is 10.4 Å². The molecule has 39 heavy (non-hydrogen) atoms. The summed E-state index contributed by atoms with van der Waals surface area (Å²) in [4.78, 5) is 0. The number of fused-ring (bicyclic) bond motifs is 1. The minimum Gasteiger partial charge on any atom is -0.492 e. The van der Waals surface area contributed by atoms with Gasteiger partial charge in [-0.05, 0) is 69.4 Å². The summed E-state index contributed by atoms with van der Waals surface area (Å²) in [7, 11) is 0. The quantitative estimate of drug-likeness (QED) is 0.343. The highest BCUT2D eigenvalue weighted by molar-refractivity contribution is 5.85. The van der Waals surface area contributed by atoms with Crippen molar-refractivity contribution in [1.29, 1.82) is 0 Å². The molecule has 12 heteroatoms. The highest BCUT2D eigenvalue weighted by Crippen LogP contribution is 2.44. The molecule has 1 aliphatic heterocycles. The summed E-state index contributed by atoms with van der Waals surface area (Å²) in [6, 6.07) is 5.67. The third kappa shape index (κ3) is 5.46. The molecule has 3 N–H and O–H groups in total. The van der Waals surface area contributed by atoms with Crippen molar-refractivity contribution in [2.24, 2.45) is 0 Å². The van der Waals surface area contributed by atoms with Gasteiger partial charge in [-0.15, -0.1) is 5.10 Å². The van der Waals surface area contributed by atoms with Crippen LogP contribution in [-0.2, 0) is 11.8 Å². The first kappa shape index (κ1) is 27.7. The third-order valence-corrected chi connectivity index (χ3v) is 7.64. The van der Waals surface area contributed by atoms with E-state index in [0.717, 1.165) is 18.2 Å². The number of piperidine rings is 1. The zero-order valence-corrected chi connectivity index (χ0v) is 21.3. The summed E-state index contributed by atoms with van der Waals surface area (Å²) in [5.74, 6) is -0.931. The van der Waals surface area contributed by atoms with Crippen molar-refractivity contribution in [3.8, 4) is 5.75 Å². The second-order valence-corrected chi connectivity index (χ2v) is 11.1. The highest BCUT2D eigenvalue weighted by Gasteiger charge is 2.42. The van der Waals surface area contributed by atoms with Gasteiger partial charge in [0.05, 0.1) is 33.7 Å². The minimum atomic E-state index is -4.50. The number of ether oxygens (including phenoxy) is 1. The molecule has 2 fully saturated rings. The lowest BCUT2D eigenvalue weighted by molar-refractivity contribution is -0.137. The number of hydrogen-bond acceptors (Lipinski definition) is 5. The Morgan fingerprint density at radius 2 is 1.77 bits per heavy atom. The van der Waals surface area contributed by atoms with Crippen molar-refractivity contribution in [2.75, 3.05) is 6.61 Å². The summed E-state index contributed by atoms with van der Waals surface area (Å²) in [6.45, 7) is 3.36. The molecule has 0 spiro atoms. The number of nitrogens with zero attached hydrogens (tertiary/aromatic N) is 2. The first-order valence-electron chi connectivity index (χ1n) is 12.7. The number of aromatic nitrogens is 2. The molecule has 212 valence electrons. The SMILES string of the molecule is C[C@H]1C[C@@](O)(c2ccc(C(F)(F)F)cc2)C[C@@H](COc2cc(C(F)F)c3c(c2)c(F)nn3C2CC(C)(O)C2)N1. The van der Waals surface area contributed by atoms with Gasteiger partial charge in [0.2, 0.25) is 5.95 Å². The molecule has 0 radical (unpaired) electrons. The van der Waals surface area contributed by atoms with Gasteiger partial charge in [-0.1, -0.05) is 12.1 Å². The summed E-state index contributed by atoms with van der Waals surface area (Å²) >= 11 is 0. The molecule has 3 atom stereocenters. The summed E-state index contributed by atoms with van der Waals surface area (Å²) < 4.78 is 88.8. The molecule has 2 heterocycles. The first-order chi connectivity index (χ1) is 18.1. The van der Waals surface area contributed by atoms with Gasteiger partial charge in [-0.25, -0.2) is 8.78 Å². The van der Waals surface area contributed by atoms with Gasteiger partial charge in [0.15, 0.2) is 0 Å². The van der Waals surface area contributed by atoms with E-state index in [9.17, 15) is 36.6 Å². The zero-order chi connectivity index (χ0) is 28.3. The number of alkyl halides is 5. The maximum absolute atomic E-state index is 14.8.